The molecule has 1 aliphatic heterocycles. The minimum absolute atomic E-state index is 0. The molecule has 15 heavy (non-hydrogen) atoms. The molecule has 1 aliphatic rings. The lowest BCUT2D eigenvalue weighted by Gasteiger charge is -2.22. The van der Waals surface area contributed by atoms with E-state index in [1.807, 2.05) is 11.3 Å². The van der Waals surface area contributed by atoms with Gasteiger partial charge in [0.15, 0.2) is 0 Å². The fraction of sp³-hybridized carbons (Fsp3) is 0.636. The van der Waals surface area contributed by atoms with Crippen LogP contribution in [0, 0.1) is 6.92 Å². The van der Waals surface area contributed by atoms with E-state index in [2.05, 4.69) is 35.6 Å². The third-order valence-corrected chi connectivity index (χ3v) is 4.03. The van der Waals surface area contributed by atoms with Crippen LogP contribution in [0.2, 0.25) is 0 Å². The fourth-order valence-corrected chi connectivity index (χ4v) is 2.91. The van der Waals surface area contributed by atoms with E-state index in [0.29, 0.717) is 0 Å². The summed E-state index contributed by atoms with van der Waals surface area (Å²) in [5.74, 6) is 0. The van der Waals surface area contributed by atoms with Crippen molar-refractivity contribution in [2.24, 2.45) is 0 Å². The highest BCUT2D eigenvalue weighted by molar-refractivity contribution is 7.10. The predicted molar refractivity (Wildman–Crippen MR) is 69.0 cm³/mol. The Labute approximate surface area is 102 Å². The summed E-state index contributed by atoms with van der Waals surface area (Å²) in [7, 11) is 2.23. The number of hydrogen-bond acceptors (Lipinski definition) is 3. The van der Waals surface area contributed by atoms with Crippen molar-refractivity contribution in [3.05, 3.63) is 21.9 Å². The number of nitrogens with one attached hydrogen (secondary N) is 1. The minimum atomic E-state index is 0. The van der Waals surface area contributed by atoms with Crippen LogP contribution in [0.5, 0.6) is 0 Å². The Morgan fingerprint density at radius 2 is 2.40 bits per heavy atom. The molecule has 1 saturated heterocycles. The van der Waals surface area contributed by atoms with Gasteiger partial charge in [0.25, 0.3) is 0 Å². The van der Waals surface area contributed by atoms with Gasteiger partial charge in [-0.3, -0.25) is 4.90 Å². The van der Waals surface area contributed by atoms with E-state index in [1.54, 1.807) is 0 Å². The molecule has 1 atom stereocenters. The number of hydrogen-bond donors (Lipinski definition) is 1. The normalized spacial score (nSPS) is 20.6. The largest absolute Gasteiger partial charge is 0.315 e. The smallest absolute Gasteiger partial charge is 0.0331 e. The van der Waals surface area contributed by atoms with Crippen LogP contribution in [0.4, 0.5) is 0 Å². The van der Waals surface area contributed by atoms with Crippen LogP contribution in [0.15, 0.2) is 11.4 Å². The Morgan fingerprint density at radius 3 is 2.93 bits per heavy atom. The van der Waals surface area contributed by atoms with Gasteiger partial charge in [-0.05, 0) is 43.9 Å². The number of likely N-dealkylation sites (N-methyl/N-ethyl adjacent to an activating group) is 1. The first-order valence-corrected chi connectivity index (χ1v) is 6.09. The van der Waals surface area contributed by atoms with Gasteiger partial charge in [0.2, 0.25) is 0 Å². The van der Waals surface area contributed by atoms with Crippen molar-refractivity contribution in [1.29, 1.82) is 0 Å². The van der Waals surface area contributed by atoms with E-state index in [-0.39, 0.29) is 12.4 Å². The second-order valence-corrected chi connectivity index (χ2v) is 5.09. The van der Waals surface area contributed by atoms with Crippen LogP contribution in [0.1, 0.15) is 16.9 Å². The third kappa shape index (κ3) is 3.18. The molecule has 2 rings (SSSR count). The summed E-state index contributed by atoms with van der Waals surface area (Å²) in [6, 6.07) is 2.94. The lowest BCUT2D eigenvalue weighted by molar-refractivity contribution is 0.250. The Bertz CT molecular complexity index is 295. The molecule has 0 aliphatic carbocycles. The molecule has 0 aromatic carbocycles. The quantitative estimate of drug-likeness (QED) is 0.881. The number of aryl methyl sites for hydroxylation is 1. The highest BCUT2D eigenvalue weighted by atomic mass is 35.5. The van der Waals surface area contributed by atoms with Crippen LogP contribution in [-0.2, 0) is 6.54 Å². The maximum atomic E-state index is 3.41. The Morgan fingerprint density at radius 1 is 1.60 bits per heavy atom. The van der Waals surface area contributed by atoms with E-state index in [4.69, 9.17) is 0 Å². The van der Waals surface area contributed by atoms with E-state index < -0.39 is 0 Å². The van der Waals surface area contributed by atoms with Crippen molar-refractivity contribution >= 4 is 23.7 Å². The van der Waals surface area contributed by atoms with Gasteiger partial charge in [0.05, 0.1) is 0 Å². The monoisotopic (exact) mass is 246 g/mol. The van der Waals surface area contributed by atoms with Crippen LogP contribution >= 0.6 is 23.7 Å². The summed E-state index contributed by atoms with van der Waals surface area (Å²) < 4.78 is 0. The van der Waals surface area contributed by atoms with Crippen molar-refractivity contribution in [3.63, 3.8) is 0 Å². The van der Waals surface area contributed by atoms with Gasteiger partial charge in [0, 0.05) is 24.0 Å². The topological polar surface area (TPSA) is 15.3 Å². The van der Waals surface area contributed by atoms with Gasteiger partial charge in [-0.1, -0.05) is 0 Å². The fourth-order valence-electron chi connectivity index (χ4n) is 1.94. The van der Waals surface area contributed by atoms with Crippen molar-refractivity contribution < 1.29 is 0 Å². The maximum Gasteiger partial charge on any atom is 0.0331 e. The summed E-state index contributed by atoms with van der Waals surface area (Å²) in [6.45, 7) is 5.64. The average Bonchev–Trinajstić information content (AvgIpc) is 2.77. The van der Waals surface area contributed by atoms with E-state index >= 15 is 0 Å². The number of nitrogens with zero attached hydrogens (tertiary/aromatic N) is 1. The first kappa shape index (κ1) is 13.0. The average molecular weight is 247 g/mol. The van der Waals surface area contributed by atoms with Gasteiger partial charge in [-0.15, -0.1) is 23.7 Å². The highest BCUT2D eigenvalue weighted by Crippen LogP contribution is 2.19. The van der Waals surface area contributed by atoms with Crippen LogP contribution < -0.4 is 5.32 Å². The molecule has 1 N–H and O–H groups in total. The summed E-state index contributed by atoms with van der Waals surface area (Å²) in [6.07, 6.45) is 1.29. The maximum absolute atomic E-state index is 3.41. The lowest BCUT2D eigenvalue weighted by Crippen LogP contribution is -2.32. The zero-order chi connectivity index (χ0) is 9.97. The first-order chi connectivity index (χ1) is 6.77. The SMILES string of the molecule is Cc1ccsc1CN(C)C1CCNC1.Cl. The van der Waals surface area contributed by atoms with Crippen molar-refractivity contribution in [3.8, 4) is 0 Å². The molecule has 2 heterocycles. The van der Waals surface area contributed by atoms with Gasteiger partial charge in [-0.2, -0.15) is 0 Å². The lowest BCUT2D eigenvalue weighted by atomic mass is 10.2. The summed E-state index contributed by atoms with van der Waals surface area (Å²) in [5.41, 5.74) is 1.44. The van der Waals surface area contributed by atoms with E-state index in [0.717, 1.165) is 19.1 Å². The molecule has 1 unspecified atom stereocenters. The molecule has 0 saturated carbocycles. The van der Waals surface area contributed by atoms with Crippen molar-refractivity contribution in [2.45, 2.75) is 25.9 Å². The van der Waals surface area contributed by atoms with Crippen LogP contribution in [-0.4, -0.2) is 31.1 Å². The second-order valence-electron chi connectivity index (χ2n) is 4.09. The molecular formula is C11H19ClN2S. The minimum Gasteiger partial charge on any atom is -0.315 e. The second kappa shape index (κ2) is 5.85. The van der Waals surface area contributed by atoms with Crippen molar-refractivity contribution in [2.75, 3.05) is 20.1 Å². The zero-order valence-corrected chi connectivity index (χ0v) is 11.0. The molecule has 0 radical (unpaired) electrons. The Balaban J connectivity index is 0.00000112. The summed E-state index contributed by atoms with van der Waals surface area (Å²) >= 11 is 1.87. The molecule has 1 aromatic rings. The zero-order valence-electron chi connectivity index (χ0n) is 9.32. The van der Waals surface area contributed by atoms with Gasteiger partial charge < -0.3 is 5.32 Å². The predicted octanol–water partition coefficient (Wildman–Crippen LogP) is 2.27. The van der Waals surface area contributed by atoms with Gasteiger partial charge in [0.1, 0.15) is 0 Å². The third-order valence-electron chi connectivity index (χ3n) is 3.02. The summed E-state index contributed by atoms with van der Waals surface area (Å²) in [4.78, 5) is 3.98. The van der Waals surface area contributed by atoms with Crippen molar-refractivity contribution in [1.82, 2.24) is 10.2 Å². The standard InChI is InChI=1S/C11H18N2S.ClH/c1-9-4-6-14-11(9)8-13(2)10-3-5-12-7-10;/h4,6,10,12H,3,5,7-8H2,1-2H3;1H. The number of thiophene rings is 1. The van der Waals surface area contributed by atoms with E-state index in [1.165, 1.54) is 23.4 Å². The molecule has 0 amide bonds. The molecular weight excluding hydrogens is 228 g/mol. The molecule has 86 valence electrons. The molecule has 0 spiro atoms. The highest BCUT2D eigenvalue weighted by Gasteiger charge is 2.19. The first-order valence-electron chi connectivity index (χ1n) is 5.21. The Hall–Kier alpha value is -0.0900. The molecule has 1 aromatic heterocycles. The van der Waals surface area contributed by atoms with Gasteiger partial charge >= 0.3 is 0 Å². The van der Waals surface area contributed by atoms with E-state index in [9.17, 15) is 0 Å². The molecule has 0 bridgehead atoms. The molecule has 4 heteroatoms. The Kier molecular flexibility index (Phi) is 5.06. The summed E-state index contributed by atoms with van der Waals surface area (Å²) in [5, 5.41) is 5.60. The number of halogens is 1. The van der Waals surface area contributed by atoms with Crippen LogP contribution in [0.25, 0.3) is 0 Å². The molecule has 1 fully saturated rings. The van der Waals surface area contributed by atoms with Gasteiger partial charge in [-0.25, -0.2) is 0 Å². The van der Waals surface area contributed by atoms with Crippen LogP contribution in [0.3, 0.4) is 0 Å². The number of rotatable bonds is 3. The molecule has 2 nitrogen and oxygen atoms in total.